The summed E-state index contributed by atoms with van der Waals surface area (Å²) in [5, 5.41) is 7.57. The number of aryl methyl sites for hydroxylation is 1. The van der Waals surface area contributed by atoms with Crippen LogP contribution in [0.3, 0.4) is 0 Å². The average molecular weight is 266 g/mol. The van der Waals surface area contributed by atoms with Gasteiger partial charge in [-0.05, 0) is 12.8 Å². The lowest BCUT2D eigenvalue weighted by atomic mass is 10.1. The van der Waals surface area contributed by atoms with Crippen LogP contribution in [0.25, 0.3) is 0 Å². The first-order valence-corrected chi connectivity index (χ1v) is 7.62. The highest BCUT2D eigenvalue weighted by Gasteiger charge is 2.24. The predicted octanol–water partition coefficient (Wildman–Crippen LogP) is 2.16. The Kier molecular flexibility index (Phi) is 5.79. The van der Waals surface area contributed by atoms with Gasteiger partial charge in [0.1, 0.15) is 0 Å². The Balaban J connectivity index is 1.94. The SMILES string of the molecule is CCCCCc1nc(C(CC)N2CCNCC2)no1. The Morgan fingerprint density at radius 2 is 2.05 bits per heavy atom. The Labute approximate surface area is 115 Å². The fraction of sp³-hybridized carbons (Fsp3) is 0.857. The van der Waals surface area contributed by atoms with E-state index in [1.807, 2.05) is 0 Å². The Hall–Kier alpha value is -0.940. The zero-order valence-electron chi connectivity index (χ0n) is 12.2. The Morgan fingerprint density at radius 3 is 2.74 bits per heavy atom. The third-order valence-electron chi connectivity index (χ3n) is 3.76. The van der Waals surface area contributed by atoms with Gasteiger partial charge in [0, 0.05) is 32.6 Å². The summed E-state index contributed by atoms with van der Waals surface area (Å²) in [7, 11) is 0. The minimum absolute atomic E-state index is 0.311. The van der Waals surface area contributed by atoms with Gasteiger partial charge in [0.25, 0.3) is 0 Å². The van der Waals surface area contributed by atoms with Crippen LogP contribution in [0.5, 0.6) is 0 Å². The highest BCUT2D eigenvalue weighted by atomic mass is 16.5. The first-order valence-electron chi connectivity index (χ1n) is 7.62. The highest BCUT2D eigenvalue weighted by Crippen LogP contribution is 2.22. The second-order valence-electron chi connectivity index (χ2n) is 5.21. The van der Waals surface area contributed by atoms with E-state index in [2.05, 4.69) is 34.2 Å². The lowest BCUT2D eigenvalue weighted by Crippen LogP contribution is -2.45. The Bertz CT molecular complexity index is 360. The van der Waals surface area contributed by atoms with Crippen LogP contribution in [0.4, 0.5) is 0 Å². The maximum atomic E-state index is 5.38. The van der Waals surface area contributed by atoms with Crippen molar-refractivity contribution in [2.24, 2.45) is 0 Å². The third-order valence-corrected chi connectivity index (χ3v) is 3.76. The minimum Gasteiger partial charge on any atom is -0.339 e. The lowest BCUT2D eigenvalue weighted by molar-refractivity contribution is 0.160. The number of unbranched alkanes of at least 4 members (excludes halogenated alkanes) is 2. The summed E-state index contributed by atoms with van der Waals surface area (Å²) in [6.07, 6.45) is 5.54. The van der Waals surface area contributed by atoms with Gasteiger partial charge in [0.15, 0.2) is 5.82 Å². The van der Waals surface area contributed by atoms with E-state index in [0.717, 1.165) is 57.2 Å². The molecule has 0 radical (unpaired) electrons. The molecule has 1 saturated heterocycles. The van der Waals surface area contributed by atoms with Crippen molar-refractivity contribution in [3.63, 3.8) is 0 Å². The molecule has 1 aliphatic heterocycles. The highest BCUT2D eigenvalue weighted by molar-refractivity contribution is 4.96. The van der Waals surface area contributed by atoms with Gasteiger partial charge in [-0.15, -0.1) is 0 Å². The third kappa shape index (κ3) is 4.01. The summed E-state index contributed by atoms with van der Waals surface area (Å²) < 4.78 is 5.38. The fourth-order valence-electron chi connectivity index (χ4n) is 2.63. The van der Waals surface area contributed by atoms with Gasteiger partial charge in [-0.1, -0.05) is 31.8 Å². The van der Waals surface area contributed by atoms with Crippen molar-refractivity contribution in [3.8, 4) is 0 Å². The standard InChI is InChI=1S/C14H26N4O/c1-3-5-6-7-13-16-14(17-19-13)12(4-2)18-10-8-15-9-11-18/h12,15H,3-11H2,1-2H3. The van der Waals surface area contributed by atoms with Crippen molar-refractivity contribution in [3.05, 3.63) is 11.7 Å². The van der Waals surface area contributed by atoms with Gasteiger partial charge in [-0.2, -0.15) is 4.98 Å². The smallest absolute Gasteiger partial charge is 0.226 e. The zero-order chi connectivity index (χ0) is 13.5. The van der Waals surface area contributed by atoms with Gasteiger partial charge in [-0.25, -0.2) is 0 Å². The second kappa shape index (κ2) is 7.60. The molecule has 5 heteroatoms. The summed E-state index contributed by atoms with van der Waals surface area (Å²) >= 11 is 0. The first kappa shape index (κ1) is 14.5. The quantitative estimate of drug-likeness (QED) is 0.766. The molecule has 1 aliphatic rings. The molecule has 2 rings (SSSR count). The van der Waals surface area contributed by atoms with Crippen molar-refractivity contribution < 1.29 is 4.52 Å². The number of hydrogen-bond acceptors (Lipinski definition) is 5. The minimum atomic E-state index is 0.311. The summed E-state index contributed by atoms with van der Waals surface area (Å²) in [6.45, 7) is 8.64. The van der Waals surface area contributed by atoms with E-state index in [0.29, 0.717) is 6.04 Å². The van der Waals surface area contributed by atoms with Gasteiger partial charge in [0.2, 0.25) is 5.89 Å². The fourth-order valence-corrected chi connectivity index (χ4v) is 2.63. The Morgan fingerprint density at radius 1 is 1.26 bits per heavy atom. The van der Waals surface area contributed by atoms with E-state index in [4.69, 9.17) is 4.52 Å². The van der Waals surface area contributed by atoms with Crippen LogP contribution in [0.15, 0.2) is 4.52 Å². The van der Waals surface area contributed by atoms with Crippen molar-refractivity contribution in [1.29, 1.82) is 0 Å². The molecule has 1 aromatic rings. The number of nitrogens with zero attached hydrogens (tertiary/aromatic N) is 3. The molecule has 5 nitrogen and oxygen atoms in total. The van der Waals surface area contributed by atoms with E-state index < -0.39 is 0 Å². The van der Waals surface area contributed by atoms with Crippen molar-refractivity contribution in [1.82, 2.24) is 20.4 Å². The molecule has 0 spiro atoms. The molecule has 0 aromatic carbocycles. The number of nitrogens with one attached hydrogen (secondary N) is 1. The van der Waals surface area contributed by atoms with Crippen LogP contribution < -0.4 is 5.32 Å². The van der Waals surface area contributed by atoms with Gasteiger partial charge >= 0.3 is 0 Å². The van der Waals surface area contributed by atoms with Crippen LogP contribution in [0.1, 0.15) is 57.3 Å². The average Bonchev–Trinajstić information content (AvgIpc) is 2.90. The predicted molar refractivity (Wildman–Crippen MR) is 75.0 cm³/mol. The molecule has 1 fully saturated rings. The van der Waals surface area contributed by atoms with E-state index in [9.17, 15) is 0 Å². The van der Waals surface area contributed by atoms with E-state index >= 15 is 0 Å². The summed E-state index contributed by atoms with van der Waals surface area (Å²) in [4.78, 5) is 7.04. The summed E-state index contributed by atoms with van der Waals surface area (Å²) in [5.41, 5.74) is 0. The van der Waals surface area contributed by atoms with Crippen LogP contribution >= 0.6 is 0 Å². The maximum Gasteiger partial charge on any atom is 0.226 e. The van der Waals surface area contributed by atoms with Crippen molar-refractivity contribution >= 4 is 0 Å². The van der Waals surface area contributed by atoms with Gasteiger partial charge < -0.3 is 9.84 Å². The molecule has 0 amide bonds. The first-order chi connectivity index (χ1) is 9.35. The zero-order valence-corrected chi connectivity index (χ0v) is 12.2. The molecule has 0 aliphatic carbocycles. The molecule has 1 unspecified atom stereocenters. The molecular formula is C14H26N4O. The van der Waals surface area contributed by atoms with E-state index in [1.54, 1.807) is 0 Å². The molecule has 1 atom stereocenters. The summed E-state index contributed by atoms with van der Waals surface area (Å²) in [6, 6.07) is 0.311. The molecule has 1 aromatic heterocycles. The van der Waals surface area contributed by atoms with Crippen LogP contribution in [0.2, 0.25) is 0 Å². The maximum absolute atomic E-state index is 5.38. The normalized spacial score (nSPS) is 18.6. The van der Waals surface area contributed by atoms with Gasteiger partial charge in [-0.3, -0.25) is 4.90 Å². The monoisotopic (exact) mass is 266 g/mol. The molecule has 1 N–H and O–H groups in total. The van der Waals surface area contributed by atoms with Crippen molar-refractivity contribution in [2.75, 3.05) is 26.2 Å². The molecule has 108 valence electrons. The van der Waals surface area contributed by atoms with Crippen LogP contribution in [-0.4, -0.2) is 41.2 Å². The largest absolute Gasteiger partial charge is 0.339 e. The topological polar surface area (TPSA) is 54.2 Å². The second-order valence-corrected chi connectivity index (χ2v) is 5.21. The van der Waals surface area contributed by atoms with Crippen LogP contribution in [0, 0.1) is 0 Å². The molecule has 2 heterocycles. The lowest BCUT2D eigenvalue weighted by Gasteiger charge is -2.32. The molecule has 0 saturated carbocycles. The summed E-state index contributed by atoms with van der Waals surface area (Å²) in [5.74, 6) is 1.67. The van der Waals surface area contributed by atoms with Gasteiger partial charge in [0.05, 0.1) is 6.04 Å². The van der Waals surface area contributed by atoms with E-state index in [1.165, 1.54) is 12.8 Å². The van der Waals surface area contributed by atoms with Crippen molar-refractivity contribution in [2.45, 2.75) is 52.0 Å². The number of hydrogen-bond donors (Lipinski definition) is 1. The van der Waals surface area contributed by atoms with Crippen LogP contribution in [-0.2, 0) is 6.42 Å². The molecule has 0 bridgehead atoms. The number of piperazine rings is 1. The molecule has 19 heavy (non-hydrogen) atoms. The number of aromatic nitrogens is 2. The number of rotatable bonds is 7. The molecular weight excluding hydrogens is 240 g/mol. The van der Waals surface area contributed by atoms with E-state index in [-0.39, 0.29) is 0 Å².